The molecule has 138 valence electrons. The van der Waals surface area contributed by atoms with Crippen LogP contribution in [0.15, 0.2) is 121 Å². The van der Waals surface area contributed by atoms with Crippen molar-refractivity contribution in [3.8, 4) is 0 Å². The van der Waals surface area contributed by atoms with Gasteiger partial charge < -0.3 is 10.2 Å². The number of nitrogens with zero attached hydrogens (tertiary/aromatic N) is 1. The highest BCUT2D eigenvalue weighted by atomic mass is 15.2. The van der Waals surface area contributed by atoms with Crippen molar-refractivity contribution in [3.63, 3.8) is 0 Å². The van der Waals surface area contributed by atoms with E-state index in [-0.39, 0.29) is 6.04 Å². The van der Waals surface area contributed by atoms with Gasteiger partial charge in [-0.2, -0.15) is 0 Å². The first-order valence-corrected chi connectivity index (χ1v) is 9.65. The average molecular weight is 364 g/mol. The second kappa shape index (κ2) is 8.92. The lowest BCUT2D eigenvalue weighted by Gasteiger charge is -2.34. The SMILES string of the molecule is c1ccc(NCC(c2ccccc2)N(c2ccccc2)c2ccccc2)cc1. The van der Waals surface area contributed by atoms with Gasteiger partial charge >= 0.3 is 0 Å². The lowest BCUT2D eigenvalue weighted by molar-refractivity contribution is 0.730. The van der Waals surface area contributed by atoms with Crippen LogP contribution < -0.4 is 10.2 Å². The van der Waals surface area contributed by atoms with Crippen LogP contribution in [0.1, 0.15) is 11.6 Å². The molecule has 1 unspecified atom stereocenters. The third-order valence-electron chi connectivity index (χ3n) is 4.84. The second-order valence-electron chi connectivity index (χ2n) is 6.71. The van der Waals surface area contributed by atoms with Gasteiger partial charge in [0.1, 0.15) is 0 Å². The highest BCUT2D eigenvalue weighted by Gasteiger charge is 2.22. The summed E-state index contributed by atoms with van der Waals surface area (Å²) in [5.74, 6) is 0. The maximum Gasteiger partial charge on any atom is 0.0764 e. The molecule has 0 aliphatic carbocycles. The van der Waals surface area contributed by atoms with Crippen LogP contribution in [0.5, 0.6) is 0 Å². The second-order valence-corrected chi connectivity index (χ2v) is 6.71. The van der Waals surface area contributed by atoms with E-state index in [0.29, 0.717) is 0 Å². The third kappa shape index (κ3) is 4.24. The first kappa shape index (κ1) is 17.9. The molecule has 0 radical (unpaired) electrons. The first-order valence-electron chi connectivity index (χ1n) is 9.65. The largest absolute Gasteiger partial charge is 0.383 e. The molecule has 2 heteroatoms. The van der Waals surface area contributed by atoms with Crippen molar-refractivity contribution in [1.82, 2.24) is 0 Å². The molecule has 0 saturated heterocycles. The average Bonchev–Trinajstić information content (AvgIpc) is 2.79. The van der Waals surface area contributed by atoms with Crippen molar-refractivity contribution >= 4 is 17.1 Å². The number of nitrogens with one attached hydrogen (secondary N) is 1. The van der Waals surface area contributed by atoms with Crippen molar-refractivity contribution < 1.29 is 0 Å². The monoisotopic (exact) mass is 364 g/mol. The van der Waals surface area contributed by atoms with Gasteiger partial charge in [-0.25, -0.2) is 0 Å². The van der Waals surface area contributed by atoms with Crippen LogP contribution in [-0.4, -0.2) is 6.54 Å². The van der Waals surface area contributed by atoms with E-state index in [4.69, 9.17) is 0 Å². The Hall–Kier alpha value is -3.52. The summed E-state index contributed by atoms with van der Waals surface area (Å²) in [6, 6.07) is 42.4. The lowest BCUT2D eigenvalue weighted by atomic mass is 10.0. The molecule has 0 aromatic heterocycles. The molecule has 1 N–H and O–H groups in total. The number of rotatable bonds is 7. The molecule has 0 aliphatic rings. The minimum absolute atomic E-state index is 0.145. The summed E-state index contributed by atoms with van der Waals surface area (Å²) in [6.07, 6.45) is 0. The van der Waals surface area contributed by atoms with Crippen LogP contribution >= 0.6 is 0 Å². The zero-order chi connectivity index (χ0) is 19.0. The number of anilines is 3. The zero-order valence-corrected chi connectivity index (χ0v) is 15.8. The molecule has 0 fully saturated rings. The summed E-state index contributed by atoms with van der Waals surface area (Å²) in [5, 5.41) is 3.62. The normalized spacial score (nSPS) is 11.6. The van der Waals surface area contributed by atoms with E-state index in [0.717, 1.165) is 12.2 Å². The Balaban J connectivity index is 1.75. The van der Waals surface area contributed by atoms with Crippen molar-refractivity contribution in [2.24, 2.45) is 0 Å². The molecule has 0 amide bonds. The van der Waals surface area contributed by atoms with E-state index in [1.807, 2.05) is 6.07 Å². The van der Waals surface area contributed by atoms with Gasteiger partial charge in [0, 0.05) is 23.6 Å². The number of benzene rings is 4. The van der Waals surface area contributed by atoms with Gasteiger partial charge in [-0.1, -0.05) is 84.9 Å². The molecule has 28 heavy (non-hydrogen) atoms. The molecule has 0 heterocycles. The number of hydrogen-bond donors (Lipinski definition) is 1. The van der Waals surface area contributed by atoms with Crippen LogP contribution in [-0.2, 0) is 0 Å². The molecular formula is C26H24N2. The Morgan fingerprint density at radius 3 is 1.46 bits per heavy atom. The minimum Gasteiger partial charge on any atom is -0.383 e. The van der Waals surface area contributed by atoms with Crippen LogP contribution in [0, 0.1) is 0 Å². The van der Waals surface area contributed by atoms with Crippen molar-refractivity contribution in [3.05, 3.63) is 127 Å². The van der Waals surface area contributed by atoms with Gasteiger partial charge in [-0.15, -0.1) is 0 Å². The Morgan fingerprint density at radius 1 is 0.536 bits per heavy atom. The van der Waals surface area contributed by atoms with Gasteiger partial charge in [0.05, 0.1) is 6.04 Å². The maximum absolute atomic E-state index is 3.62. The summed E-state index contributed by atoms with van der Waals surface area (Å²) in [4.78, 5) is 2.41. The van der Waals surface area contributed by atoms with E-state index in [2.05, 4.69) is 125 Å². The summed E-state index contributed by atoms with van der Waals surface area (Å²) in [5.41, 5.74) is 4.76. The van der Waals surface area contributed by atoms with Crippen molar-refractivity contribution in [2.75, 3.05) is 16.8 Å². The number of para-hydroxylation sites is 3. The topological polar surface area (TPSA) is 15.3 Å². The van der Waals surface area contributed by atoms with E-state index < -0.39 is 0 Å². The van der Waals surface area contributed by atoms with Crippen molar-refractivity contribution in [2.45, 2.75) is 6.04 Å². The molecule has 4 rings (SSSR count). The summed E-state index contributed by atoms with van der Waals surface area (Å²) >= 11 is 0. The van der Waals surface area contributed by atoms with E-state index in [1.165, 1.54) is 16.9 Å². The molecular weight excluding hydrogens is 340 g/mol. The van der Waals surface area contributed by atoms with Crippen LogP contribution in [0.25, 0.3) is 0 Å². The van der Waals surface area contributed by atoms with E-state index in [1.54, 1.807) is 0 Å². The fourth-order valence-corrected chi connectivity index (χ4v) is 3.49. The van der Waals surface area contributed by atoms with Gasteiger partial charge in [0.25, 0.3) is 0 Å². The van der Waals surface area contributed by atoms with Crippen molar-refractivity contribution in [1.29, 1.82) is 0 Å². The molecule has 0 bridgehead atoms. The van der Waals surface area contributed by atoms with Gasteiger partial charge in [0.15, 0.2) is 0 Å². The lowest BCUT2D eigenvalue weighted by Crippen LogP contribution is -2.29. The minimum atomic E-state index is 0.145. The summed E-state index contributed by atoms with van der Waals surface area (Å²) in [6.45, 7) is 0.789. The summed E-state index contributed by atoms with van der Waals surface area (Å²) < 4.78 is 0. The maximum atomic E-state index is 3.62. The van der Waals surface area contributed by atoms with Gasteiger partial charge in [-0.05, 0) is 42.0 Å². The summed E-state index contributed by atoms with van der Waals surface area (Å²) in [7, 11) is 0. The fraction of sp³-hybridized carbons (Fsp3) is 0.0769. The predicted molar refractivity (Wildman–Crippen MR) is 119 cm³/mol. The Morgan fingerprint density at radius 2 is 0.964 bits per heavy atom. The van der Waals surface area contributed by atoms with Crippen LogP contribution in [0.4, 0.5) is 17.1 Å². The Kier molecular flexibility index (Phi) is 5.69. The smallest absolute Gasteiger partial charge is 0.0764 e. The molecule has 4 aromatic carbocycles. The van der Waals surface area contributed by atoms with E-state index >= 15 is 0 Å². The molecule has 0 saturated carbocycles. The molecule has 2 nitrogen and oxygen atoms in total. The molecule has 0 aliphatic heterocycles. The quantitative estimate of drug-likeness (QED) is 0.393. The fourth-order valence-electron chi connectivity index (χ4n) is 3.49. The molecule has 4 aromatic rings. The first-order chi connectivity index (χ1) is 13.9. The molecule has 1 atom stereocenters. The number of hydrogen-bond acceptors (Lipinski definition) is 2. The van der Waals surface area contributed by atoms with Crippen LogP contribution in [0.3, 0.4) is 0 Å². The third-order valence-corrected chi connectivity index (χ3v) is 4.84. The Bertz CT molecular complexity index is 915. The zero-order valence-electron chi connectivity index (χ0n) is 15.8. The van der Waals surface area contributed by atoms with E-state index in [9.17, 15) is 0 Å². The highest BCUT2D eigenvalue weighted by Crippen LogP contribution is 2.35. The highest BCUT2D eigenvalue weighted by molar-refractivity contribution is 5.65. The van der Waals surface area contributed by atoms with Gasteiger partial charge in [-0.3, -0.25) is 0 Å². The van der Waals surface area contributed by atoms with Crippen LogP contribution in [0.2, 0.25) is 0 Å². The Labute approximate surface area is 167 Å². The predicted octanol–water partition coefficient (Wildman–Crippen LogP) is 6.68. The standard InChI is InChI=1S/C26H24N2/c1-5-13-22(14-6-1)26(21-27-23-15-7-2-8-16-23)28(24-17-9-3-10-18-24)25-19-11-4-12-20-25/h1-20,26-27H,21H2. The van der Waals surface area contributed by atoms with Gasteiger partial charge in [0.2, 0.25) is 0 Å². The molecule has 0 spiro atoms.